The molecule has 2 aromatic rings. The van der Waals surface area contributed by atoms with Crippen molar-refractivity contribution in [3.63, 3.8) is 0 Å². The van der Waals surface area contributed by atoms with Crippen molar-refractivity contribution in [2.75, 3.05) is 11.9 Å². The predicted octanol–water partition coefficient (Wildman–Crippen LogP) is 3.17. The smallest absolute Gasteiger partial charge is 0.331 e. The van der Waals surface area contributed by atoms with Gasteiger partial charge in [0.25, 0.3) is 5.91 Å². The van der Waals surface area contributed by atoms with Gasteiger partial charge in [-0.05, 0) is 35.9 Å². The van der Waals surface area contributed by atoms with Crippen molar-refractivity contribution in [1.29, 1.82) is 5.26 Å². The first kappa shape index (κ1) is 18.7. The van der Waals surface area contributed by atoms with Gasteiger partial charge in [0.15, 0.2) is 24.1 Å². The molecule has 0 bridgehead atoms. The van der Waals surface area contributed by atoms with Gasteiger partial charge in [0.2, 0.25) is 0 Å². The van der Waals surface area contributed by atoms with Crippen LogP contribution in [0.3, 0.4) is 0 Å². The maximum Gasteiger partial charge on any atom is 0.331 e. The SMILES string of the molecule is N#Cc1ccc(/C=C/C(=O)OCC(=O)Nc2ccc(F)c(F)c2F)cc1. The number of nitrogens with one attached hydrogen (secondary N) is 1. The molecule has 2 rings (SSSR count). The largest absolute Gasteiger partial charge is 0.452 e. The molecule has 0 saturated carbocycles. The van der Waals surface area contributed by atoms with E-state index in [9.17, 15) is 22.8 Å². The minimum atomic E-state index is -1.72. The number of halogens is 3. The van der Waals surface area contributed by atoms with Crippen LogP contribution < -0.4 is 5.32 Å². The van der Waals surface area contributed by atoms with Crippen molar-refractivity contribution < 1.29 is 27.5 Å². The maximum absolute atomic E-state index is 13.4. The second-order valence-electron chi connectivity index (χ2n) is 4.95. The van der Waals surface area contributed by atoms with Crippen molar-refractivity contribution in [3.8, 4) is 6.07 Å². The van der Waals surface area contributed by atoms with E-state index in [1.165, 1.54) is 6.08 Å². The summed E-state index contributed by atoms with van der Waals surface area (Å²) in [5.74, 6) is -6.42. The predicted molar refractivity (Wildman–Crippen MR) is 86.1 cm³/mol. The van der Waals surface area contributed by atoms with Gasteiger partial charge in [0, 0.05) is 6.08 Å². The molecule has 0 atom stereocenters. The Labute approximate surface area is 146 Å². The summed E-state index contributed by atoms with van der Waals surface area (Å²) in [6, 6.07) is 9.80. The number of hydrogen-bond acceptors (Lipinski definition) is 4. The Kier molecular flexibility index (Phi) is 6.11. The second kappa shape index (κ2) is 8.48. The van der Waals surface area contributed by atoms with E-state index in [1.54, 1.807) is 24.3 Å². The van der Waals surface area contributed by atoms with Crippen LogP contribution in [-0.4, -0.2) is 18.5 Å². The van der Waals surface area contributed by atoms with E-state index in [4.69, 9.17) is 5.26 Å². The van der Waals surface area contributed by atoms with E-state index in [-0.39, 0.29) is 0 Å². The van der Waals surface area contributed by atoms with Crippen molar-refractivity contribution in [2.24, 2.45) is 0 Å². The van der Waals surface area contributed by atoms with Crippen LogP contribution in [0.15, 0.2) is 42.5 Å². The summed E-state index contributed by atoms with van der Waals surface area (Å²) < 4.78 is 43.9. The summed E-state index contributed by atoms with van der Waals surface area (Å²) in [4.78, 5) is 23.1. The number of nitriles is 1. The molecule has 2 aromatic carbocycles. The quantitative estimate of drug-likeness (QED) is 0.505. The lowest BCUT2D eigenvalue weighted by atomic mass is 10.1. The summed E-state index contributed by atoms with van der Waals surface area (Å²) in [6.07, 6.45) is 2.48. The molecule has 0 aliphatic carbocycles. The number of amides is 1. The van der Waals surface area contributed by atoms with Gasteiger partial charge in [-0.15, -0.1) is 0 Å². The number of rotatable bonds is 5. The van der Waals surface area contributed by atoms with Crippen LogP contribution in [0.25, 0.3) is 6.08 Å². The summed E-state index contributed by atoms with van der Waals surface area (Å²) in [7, 11) is 0. The highest BCUT2D eigenvalue weighted by atomic mass is 19.2. The van der Waals surface area contributed by atoms with E-state index in [1.807, 2.05) is 11.4 Å². The van der Waals surface area contributed by atoms with E-state index < -0.39 is 41.6 Å². The van der Waals surface area contributed by atoms with Crippen LogP contribution in [0.4, 0.5) is 18.9 Å². The Bertz CT molecular complexity index is 903. The average Bonchev–Trinajstić information content (AvgIpc) is 2.65. The van der Waals surface area contributed by atoms with Crippen molar-refractivity contribution in [3.05, 3.63) is 71.1 Å². The zero-order valence-electron chi connectivity index (χ0n) is 13.1. The van der Waals surface area contributed by atoms with Crippen molar-refractivity contribution in [2.45, 2.75) is 0 Å². The van der Waals surface area contributed by atoms with Gasteiger partial charge in [-0.25, -0.2) is 18.0 Å². The Morgan fingerprint density at radius 2 is 1.77 bits per heavy atom. The van der Waals surface area contributed by atoms with E-state index in [0.29, 0.717) is 17.2 Å². The molecule has 0 heterocycles. The van der Waals surface area contributed by atoms with Crippen LogP contribution in [0, 0.1) is 28.8 Å². The van der Waals surface area contributed by atoms with Gasteiger partial charge in [-0.3, -0.25) is 4.79 Å². The molecular formula is C18H11F3N2O3. The number of benzene rings is 2. The number of anilines is 1. The highest BCUT2D eigenvalue weighted by Crippen LogP contribution is 2.19. The van der Waals surface area contributed by atoms with Crippen LogP contribution >= 0.6 is 0 Å². The Hall–Kier alpha value is -3.60. The van der Waals surface area contributed by atoms with Crippen molar-refractivity contribution >= 4 is 23.6 Å². The van der Waals surface area contributed by atoms with Gasteiger partial charge >= 0.3 is 5.97 Å². The summed E-state index contributed by atoms with van der Waals surface area (Å²) >= 11 is 0. The van der Waals surface area contributed by atoms with Crippen LogP contribution in [-0.2, 0) is 14.3 Å². The molecule has 0 aromatic heterocycles. The molecule has 8 heteroatoms. The molecule has 0 fully saturated rings. The molecule has 26 heavy (non-hydrogen) atoms. The van der Waals surface area contributed by atoms with Gasteiger partial charge < -0.3 is 10.1 Å². The fraction of sp³-hybridized carbons (Fsp3) is 0.0556. The molecule has 0 aliphatic rings. The first-order chi connectivity index (χ1) is 12.4. The molecule has 0 spiro atoms. The molecule has 0 aliphatic heterocycles. The fourth-order valence-electron chi connectivity index (χ4n) is 1.83. The third-order valence-electron chi connectivity index (χ3n) is 3.11. The van der Waals surface area contributed by atoms with Gasteiger partial charge in [-0.1, -0.05) is 12.1 Å². The first-order valence-corrected chi connectivity index (χ1v) is 7.19. The highest BCUT2D eigenvalue weighted by molar-refractivity contribution is 5.94. The molecule has 1 amide bonds. The minimum Gasteiger partial charge on any atom is -0.452 e. The van der Waals surface area contributed by atoms with E-state index >= 15 is 0 Å². The number of esters is 1. The lowest BCUT2D eigenvalue weighted by Gasteiger charge is -2.07. The average molecular weight is 360 g/mol. The third-order valence-corrected chi connectivity index (χ3v) is 3.11. The standard InChI is InChI=1S/C18H11F3N2O3/c19-13-6-7-14(18(21)17(13)20)23-15(24)10-26-16(25)8-5-11-1-3-12(9-22)4-2-11/h1-8H,10H2,(H,23,24)/b8-5+. The minimum absolute atomic E-state index is 0.464. The van der Waals surface area contributed by atoms with E-state index in [0.717, 1.165) is 12.1 Å². The van der Waals surface area contributed by atoms with Gasteiger partial charge in [0.05, 0.1) is 17.3 Å². The fourth-order valence-corrected chi connectivity index (χ4v) is 1.83. The summed E-state index contributed by atoms with van der Waals surface area (Å²) in [5, 5.41) is 10.6. The van der Waals surface area contributed by atoms with Crippen LogP contribution in [0.1, 0.15) is 11.1 Å². The zero-order chi connectivity index (χ0) is 19.1. The van der Waals surface area contributed by atoms with Crippen LogP contribution in [0.2, 0.25) is 0 Å². The lowest BCUT2D eigenvalue weighted by Crippen LogP contribution is -2.21. The Balaban J connectivity index is 1.86. The molecule has 132 valence electrons. The summed E-state index contributed by atoms with van der Waals surface area (Å²) in [5.41, 5.74) is 0.526. The van der Waals surface area contributed by atoms with Crippen LogP contribution in [0.5, 0.6) is 0 Å². The number of carbonyl (C=O) groups excluding carboxylic acids is 2. The number of hydrogen-bond donors (Lipinski definition) is 1. The van der Waals surface area contributed by atoms with Gasteiger partial charge in [-0.2, -0.15) is 5.26 Å². The normalized spacial score (nSPS) is 10.4. The van der Waals surface area contributed by atoms with Crippen molar-refractivity contribution in [1.82, 2.24) is 0 Å². The number of carbonyl (C=O) groups is 2. The lowest BCUT2D eigenvalue weighted by molar-refractivity contribution is -0.142. The molecular weight excluding hydrogens is 349 g/mol. The Morgan fingerprint density at radius 1 is 1.08 bits per heavy atom. The molecule has 1 N–H and O–H groups in total. The Morgan fingerprint density at radius 3 is 2.42 bits per heavy atom. The molecule has 0 saturated heterocycles. The number of nitrogens with zero attached hydrogens (tertiary/aromatic N) is 1. The zero-order valence-corrected chi connectivity index (χ0v) is 13.1. The monoisotopic (exact) mass is 360 g/mol. The topological polar surface area (TPSA) is 79.2 Å². The number of ether oxygens (including phenoxy) is 1. The maximum atomic E-state index is 13.4. The second-order valence-corrected chi connectivity index (χ2v) is 4.95. The third kappa shape index (κ3) is 4.95. The summed E-state index contributed by atoms with van der Waals surface area (Å²) in [6.45, 7) is -0.741. The highest BCUT2D eigenvalue weighted by Gasteiger charge is 2.15. The molecule has 5 nitrogen and oxygen atoms in total. The van der Waals surface area contributed by atoms with E-state index in [2.05, 4.69) is 4.74 Å². The molecule has 0 unspecified atom stereocenters. The molecule has 0 radical (unpaired) electrons. The first-order valence-electron chi connectivity index (χ1n) is 7.19. The van der Waals surface area contributed by atoms with Gasteiger partial charge in [0.1, 0.15) is 0 Å².